The lowest BCUT2D eigenvalue weighted by Crippen LogP contribution is -2.45. The van der Waals surface area contributed by atoms with Crippen LogP contribution in [0.25, 0.3) is 0 Å². The van der Waals surface area contributed by atoms with Crippen molar-refractivity contribution in [1.82, 2.24) is 4.90 Å². The van der Waals surface area contributed by atoms with Crippen LogP contribution in [0.2, 0.25) is 0 Å². The summed E-state index contributed by atoms with van der Waals surface area (Å²) < 4.78 is 36.7. The molecule has 0 N–H and O–H groups in total. The molecule has 12 heavy (non-hydrogen) atoms. The van der Waals surface area contributed by atoms with Gasteiger partial charge in [-0.05, 0) is 12.9 Å². The average molecular weight is 180 g/mol. The van der Waals surface area contributed by atoms with E-state index in [1.54, 1.807) is 6.92 Å². The first kappa shape index (κ1) is 8.38. The summed E-state index contributed by atoms with van der Waals surface area (Å²) in [5.74, 6) is 0. The fourth-order valence-corrected chi connectivity index (χ4v) is 1.31. The first-order valence-electron chi connectivity index (χ1n) is 4.71. The highest BCUT2D eigenvalue weighted by molar-refractivity contribution is 4.72. The molecule has 1 saturated heterocycles. The molecule has 0 bridgehead atoms. The summed E-state index contributed by atoms with van der Waals surface area (Å²) in [6.45, 7) is 3.56. The quantitative estimate of drug-likeness (QED) is 0.650. The molecule has 72 valence electrons. The Morgan fingerprint density at radius 3 is 3.08 bits per heavy atom. The number of halogens is 2. The normalized spacial score (nSPS) is 30.3. The Labute approximate surface area is 72.9 Å². The lowest BCUT2D eigenvalue weighted by Gasteiger charge is -2.32. The maximum Gasteiger partial charge on any atom is 0.265 e. The predicted octanol–water partition coefficient (Wildman–Crippen LogP) is 1.36. The topological polar surface area (TPSA) is 12.5 Å². The van der Waals surface area contributed by atoms with Gasteiger partial charge in [0.25, 0.3) is 6.43 Å². The van der Waals surface area contributed by atoms with Crippen LogP contribution in [0.15, 0.2) is 0 Å². The van der Waals surface area contributed by atoms with Crippen LogP contribution in [0, 0.1) is 0 Å². The highest BCUT2D eigenvalue weighted by atomic mass is 19.3. The maximum atomic E-state index is 12.2. The Balaban J connectivity index is 2.33. The molecule has 0 aliphatic carbocycles. The van der Waals surface area contributed by atoms with Gasteiger partial charge in [-0.25, -0.2) is 8.78 Å². The van der Waals surface area contributed by atoms with Gasteiger partial charge in [0.15, 0.2) is 0 Å². The van der Waals surface area contributed by atoms with Crippen molar-refractivity contribution in [1.29, 1.82) is 0 Å². The Morgan fingerprint density at radius 2 is 2.50 bits per heavy atom. The number of hydrogen-bond donors (Lipinski definition) is 0. The third-order valence-corrected chi connectivity index (χ3v) is 1.90. The van der Waals surface area contributed by atoms with Gasteiger partial charge < -0.3 is 4.74 Å². The number of ether oxygens (including phenoxy) is 1. The summed E-state index contributed by atoms with van der Waals surface area (Å²) in [5.41, 5.74) is 0. The van der Waals surface area contributed by atoms with Crippen LogP contribution in [-0.4, -0.2) is 43.7 Å². The molecule has 0 aromatic heterocycles. The smallest absolute Gasteiger partial charge is 0.265 e. The van der Waals surface area contributed by atoms with E-state index in [2.05, 4.69) is 0 Å². The lowest BCUT2D eigenvalue weighted by atomic mass is 10.2. The van der Waals surface area contributed by atoms with E-state index in [-0.39, 0.29) is 12.9 Å². The molecule has 2 atom stereocenters. The molecule has 0 saturated carbocycles. The Bertz CT molecular complexity index is 157. The SMILES string of the molecule is [2H][C@@H](C)CN1CCO[C@H](C(F)F)C1. The van der Waals surface area contributed by atoms with E-state index in [1.807, 2.05) is 4.90 Å². The molecule has 0 aromatic carbocycles. The summed E-state index contributed by atoms with van der Waals surface area (Å²) >= 11 is 0. The van der Waals surface area contributed by atoms with Crippen molar-refractivity contribution in [2.45, 2.75) is 25.9 Å². The van der Waals surface area contributed by atoms with Gasteiger partial charge in [0, 0.05) is 14.5 Å². The fraction of sp³-hybridized carbons (Fsp3) is 1.00. The number of morpholine rings is 1. The van der Waals surface area contributed by atoms with Gasteiger partial charge >= 0.3 is 0 Å². The summed E-state index contributed by atoms with van der Waals surface area (Å²) in [7, 11) is 0. The molecule has 0 radical (unpaired) electrons. The number of nitrogens with zero attached hydrogens (tertiary/aromatic N) is 1. The molecule has 4 heteroatoms. The minimum absolute atomic E-state index is 0.226. The van der Waals surface area contributed by atoms with E-state index in [0.717, 1.165) is 0 Å². The molecule has 0 aromatic rings. The van der Waals surface area contributed by atoms with Gasteiger partial charge in [-0.15, -0.1) is 0 Å². The summed E-state index contributed by atoms with van der Waals surface area (Å²) in [6, 6.07) is 0. The molecular formula is C8H15F2NO. The first-order chi connectivity index (χ1) is 6.09. The van der Waals surface area contributed by atoms with Crippen LogP contribution in [-0.2, 0) is 4.74 Å². The van der Waals surface area contributed by atoms with Gasteiger partial charge in [-0.1, -0.05) is 6.92 Å². The van der Waals surface area contributed by atoms with Crippen molar-refractivity contribution in [2.24, 2.45) is 0 Å². The molecule has 1 aliphatic rings. The molecule has 0 spiro atoms. The van der Waals surface area contributed by atoms with Gasteiger partial charge in [0.1, 0.15) is 6.10 Å². The van der Waals surface area contributed by atoms with Crippen molar-refractivity contribution in [3.8, 4) is 0 Å². The molecule has 1 heterocycles. The standard InChI is InChI=1S/C8H15F2NO/c1-2-3-11-4-5-12-7(6-11)8(9)10/h7-8H,2-6H2,1H3/t7-/m0/s1/i2D/t2-,7-. The minimum atomic E-state index is -2.41. The van der Waals surface area contributed by atoms with Crippen LogP contribution in [0.5, 0.6) is 0 Å². The zero-order chi connectivity index (χ0) is 9.84. The van der Waals surface area contributed by atoms with Crippen LogP contribution >= 0.6 is 0 Å². The molecular weight excluding hydrogens is 164 g/mol. The first-order valence-corrected chi connectivity index (χ1v) is 4.14. The largest absolute Gasteiger partial charge is 0.370 e. The Kier molecular flexibility index (Phi) is 3.30. The Hall–Kier alpha value is -0.220. The minimum Gasteiger partial charge on any atom is -0.370 e. The van der Waals surface area contributed by atoms with Crippen molar-refractivity contribution < 1.29 is 14.9 Å². The van der Waals surface area contributed by atoms with Crippen molar-refractivity contribution in [2.75, 3.05) is 26.2 Å². The third kappa shape index (κ3) is 2.68. The second-order valence-corrected chi connectivity index (χ2v) is 2.91. The zero-order valence-corrected chi connectivity index (χ0v) is 7.17. The van der Waals surface area contributed by atoms with Gasteiger partial charge in [0.2, 0.25) is 0 Å². The average Bonchev–Trinajstić information content (AvgIpc) is 2.03. The summed E-state index contributed by atoms with van der Waals surface area (Å²) in [4.78, 5) is 1.86. The second-order valence-electron chi connectivity index (χ2n) is 2.91. The van der Waals surface area contributed by atoms with Gasteiger partial charge in [-0.2, -0.15) is 0 Å². The zero-order valence-electron chi connectivity index (χ0n) is 8.17. The van der Waals surface area contributed by atoms with Crippen LogP contribution in [0.4, 0.5) is 8.78 Å². The Morgan fingerprint density at radius 1 is 1.75 bits per heavy atom. The monoisotopic (exact) mass is 180 g/mol. The number of rotatable bonds is 3. The fourth-order valence-electron chi connectivity index (χ4n) is 1.31. The highest BCUT2D eigenvalue weighted by Gasteiger charge is 2.27. The van der Waals surface area contributed by atoms with E-state index < -0.39 is 12.5 Å². The van der Waals surface area contributed by atoms with Crippen molar-refractivity contribution >= 4 is 0 Å². The number of alkyl halides is 2. The van der Waals surface area contributed by atoms with E-state index >= 15 is 0 Å². The molecule has 1 aliphatic heterocycles. The van der Waals surface area contributed by atoms with Gasteiger partial charge in [0.05, 0.1) is 6.61 Å². The highest BCUT2D eigenvalue weighted by Crippen LogP contribution is 2.12. The molecule has 0 amide bonds. The van der Waals surface area contributed by atoms with Crippen molar-refractivity contribution in [3.63, 3.8) is 0 Å². The maximum absolute atomic E-state index is 12.2. The van der Waals surface area contributed by atoms with Gasteiger partial charge in [-0.3, -0.25) is 4.90 Å². The summed E-state index contributed by atoms with van der Waals surface area (Å²) in [6.07, 6.45) is -3.60. The molecule has 1 rings (SSSR count). The second kappa shape index (κ2) is 4.72. The van der Waals surface area contributed by atoms with E-state index in [1.165, 1.54) is 0 Å². The van der Waals surface area contributed by atoms with Crippen LogP contribution < -0.4 is 0 Å². The third-order valence-electron chi connectivity index (χ3n) is 1.90. The van der Waals surface area contributed by atoms with E-state index in [4.69, 9.17) is 6.11 Å². The van der Waals surface area contributed by atoms with E-state index in [9.17, 15) is 8.78 Å². The molecule has 1 fully saturated rings. The van der Waals surface area contributed by atoms with Crippen molar-refractivity contribution in [3.05, 3.63) is 0 Å². The predicted molar refractivity (Wildman–Crippen MR) is 42.5 cm³/mol. The van der Waals surface area contributed by atoms with Crippen LogP contribution in [0.1, 0.15) is 14.7 Å². The lowest BCUT2D eigenvalue weighted by molar-refractivity contribution is -0.102. The molecule has 0 unspecified atom stereocenters. The van der Waals surface area contributed by atoms with E-state index in [0.29, 0.717) is 19.7 Å². The number of hydrogen-bond acceptors (Lipinski definition) is 2. The van der Waals surface area contributed by atoms with Crippen LogP contribution in [0.3, 0.4) is 0 Å². The summed E-state index contributed by atoms with van der Waals surface area (Å²) in [5, 5.41) is 0. The molecule has 2 nitrogen and oxygen atoms in total.